The van der Waals surface area contributed by atoms with Crippen LogP contribution in [0.1, 0.15) is 25.7 Å². The first-order valence-electron chi connectivity index (χ1n) is 9.71. The van der Waals surface area contributed by atoms with Crippen LogP contribution < -0.4 is 15.5 Å². The maximum absolute atomic E-state index is 12.3. The quantitative estimate of drug-likeness (QED) is 0.368. The van der Waals surface area contributed by atoms with E-state index in [1.165, 1.54) is 18.3 Å². The molecule has 1 saturated carbocycles. The summed E-state index contributed by atoms with van der Waals surface area (Å²) in [5.41, 5.74) is -0.0811. The largest absolute Gasteiger partial charge is 0.363 e. The van der Waals surface area contributed by atoms with Crippen molar-refractivity contribution in [2.45, 2.75) is 42.8 Å². The summed E-state index contributed by atoms with van der Waals surface area (Å²) in [6, 6.07) is 5.12. The molecule has 1 aliphatic rings. The van der Waals surface area contributed by atoms with Crippen LogP contribution in [0.15, 0.2) is 35.6 Å². The molecule has 0 bridgehead atoms. The maximum Gasteiger partial charge on any atom is 0.301 e. The van der Waals surface area contributed by atoms with Gasteiger partial charge in [-0.05, 0) is 37.8 Å². The van der Waals surface area contributed by atoms with Gasteiger partial charge in [0.1, 0.15) is 5.82 Å². The Labute approximate surface area is 179 Å². The highest BCUT2D eigenvalue weighted by molar-refractivity contribution is 8.00. The topological polar surface area (TPSA) is 126 Å². The van der Waals surface area contributed by atoms with Crippen molar-refractivity contribution in [3.8, 4) is 0 Å². The summed E-state index contributed by atoms with van der Waals surface area (Å²) in [7, 11) is 3.87. The summed E-state index contributed by atoms with van der Waals surface area (Å²) < 4.78 is 0. The van der Waals surface area contributed by atoms with E-state index in [9.17, 15) is 14.9 Å². The highest BCUT2D eigenvalue weighted by Crippen LogP contribution is 2.26. The fourth-order valence-electron chi connectivity index (χ4n) is 3.27. The molecule has 0 spiro atoms. The highest BCUT2D eigenvalue weighted by Gasteiger charge is 2.23. The summed E-state index contributed by atoms with van der Waals surface area (Å²) in [6.45, 7) is 0. The minimum Gasteiger partial charge on any atom is -0.363 e. The molecule has 3 rings (SSSR count). The molecule has 0 aromatic carbocycles. The molecule has 2 N–H and O–H groups in total. The molecule has 2 heterocycles. The molecule has 10 nitrogen and oxygen atoms in total. The van der Waals surface area contributed by atoms with Gasteiger partial charge in [-0.2, -0.15) is 4.98 Å². The van der Waals surface area contributed by atoms with Crippen LogP contribution >= 0.6 is 11.8 Å². The first-order valence-corrected chi connectivity index (χ1v) is 10.7. The number of hydrogen-bond acceptors (Lipinski definition) is 9. The number of carbonyl (C=O) groups is 1. The van der Waals surface area contributed by atoms with Crippen LogP contribution in [0.4, 0.5) is 17.5 Å². The average molecular weight is 432 g/mol. The number of hydrogen-bond donors (Lipinski definition) is 2. The third kappa shape index (κ3) is 6.02. The molecule has 1 amide bonds. The Bertz CT molecular complexity index is 888. The molecule has 0 saturated heterocycles. The zero-order chi connectivity index (χ0) is 21.5. The Morgan fingerprint density at radius 3 is 2.63 bits per heavy atom. The van der Waals surface area contributed by atoms with Gasteiger partial charge in [-0.3, -0.25) is 14.9 Å². The van der Waals surface area contributed by atoms with Crippen molar-refractivity contribution in [3.05, 3.63) is 40.7 Å². The Morgan fingerprint density at radius 2 is 1.93 bits per heavy atom. The van der Waals surface area contributed by atoms with Crippen LogP contribution in [0.2, 0.25) is 0 Å². The van der Waals surface area contributed by atoms with Crippen molar-refractivity contribution in [2.24, 2.45) is 0 Å². The van der Waals surface area contributed by atoms with Crippen LogP contribution in [0, 0.1) is 10.1 Å². The predicted molar refractivity (Wildman–Crippen MR) is 116 cm³/mol. The van der Waals surface area contributed by atoms with Gasteiger partial charge in [-0.15, -0.1) is 0 Å². The molecule has 0 unspecified atom stereocenters. The summed E-state index contributed by atoms with van der Waals surface area (Å²) in [5, 5.41) is 17.7. The molecule has 160 valence electrons. The Hall–Kier alpha value is -2.95. The van der Waals surface area contributed by atoms with Gasteiger partial charge in [0, 0.05) is 44.6 Å². The lowest BCUT2D eigenvalue weighted by molar-refractivity contribution is -0.388. The van der Waals surface area contributed by atoms with Crippen LogP contribution in [-0.2, 0) is 4.79 Å². The molecule has 30 heavy (non-hydrogen) atoms. The van der Waals surface area contributed by atoms with E-state index in [1.807, 2.05) is 25.1 Å². The van der Waals surface area contributed by atoms with E-state index in [1.54, 1.807) is 6.20 Å². The minimum absolute atomic E-state index is 0.0811. The molecule has 0 aliphatic heterocycles. The highest BCUT2D eigenvalue weighted by atomic mass is 32.2. The molecule has 0 atom stereocenters. The van der Waals surface area contributed by atoms with E-state index < -0.39 is 4.92 Å². The number of thioether (sulfide) groups is 1. The van der Waals surface area contributed by atoms with Crippen LogP contribution in [0.3, 0.4) is 0 Å². The number of pyridine rings is 1. The Kier molecular flexibility index (Phi) is 7.39. The van der Waals surface area contributed by atoms with E-state index in [-0.39, 0.29) is 34.5 Å². The van der Waals surface area contributed by atoms with Gasteiger partial charge in [0.2, 0.25) is 11.9 Å². The zero-order valence-electron chi connectivity index (χ0n) is 16.9. The fraction of sp³-hybridized carbons (Fsp3) is 0.474. The van der Waals surface area contributed by atoms with Gasteiger partial charge < -0.3 is 15.5 Å². The summed E-state index contributed by atoms with van der Waals surface area (Å²) in [6.07, 6.45) is 6.73. The number of aromatic nitrogens is 3. The standard InChI is InChI=1S/C19H25N7O3S/c1-25(2)16-9-11-21-19(24-16)23-14-7-5-13(6-8-14)22-17(27)12-30-18-15(26(28)29)4-3-10-20-18/h3-4,9-11,13-14H,5-8,12H2,1-2H3,(H,22,27)(H,21,23,24). The third-order valence-corrected chi connectivity index (χ3v) is 5.81. The van der Waals surface area contributed by atoms with Crippen molar-refractivity contribution < 1.29 is 9.72 Å². The van der Waals surface area contributed by atoms with Gasteiger partial charge in [0.25, 0.3) is 0 Å². The van der Waals surface area contributed by atoms with E-state index in [0.29, 0.717) is 5.95 Å². The first-order chi connectivity index (χ1) is 14.4. The molecular weight excluding hydrogens is 406 g/mol. The summed E-state index contributed by atoms with van der Waals surface area (Å²) in [4.78, 5) is 37.5. The number of nitro groups is 1. The first kappa shape index (κ1) is 21.8. The lowest BCUT2D eigenvalue weighted by Crippen LogP contribution is -2.41. The van der Waals surface area contributed by atoms with Gasteiger partial charge in [0.15, 0.2) is 5.03 Å². The molecule has 2 aromatic heterocycles. The van der Waals surface area contributed by atoms with E-state index in [0.717, 1.165) is 43.3 Å². The second-order valence-corrected chi connectivity index (χ2v) is 8.23. The van der Waals surface area contributed by atoms with Crippen LogP contribution in [-0.4, -0.2) is 57.7 Å². The second-order valence-electron chi connectivity index (χ2n) is 7.27. The molecule has 0 radical (unpaired) electrons. The second kappa shape index (κ2) is 10.2. The monoisotopic (exact) mass is 431 g/mol. The molecule has 11 heteroatoms. The SMILES string of the molecule is CN(C)c1ccnc(NC2CCC(NC(=O)CSc3ncccc3[N+](=O)[O-])CC2)n1. The third-order valence-electron chi connectivity index (χ3n) is 4.81. The summed E-state index contributed by atoms with van der Waals surface area (Å²) >= 11 is 1.08. The van der Waals surface area contributed by atoms with Gasteiger partial charge >= 0.3 is 5.69 Å². The summed E-state index contributed by atoms with van der Waals surface area (Å²) in [5.74, 6) is 1.42. The number of rotatable bonds is 8. The molecule has 1 aliphatic carbocycles. The van der Waals surface area contributed by atoms with Crippen LogP contribution in [0.25, 0.3) is 0 Å². The lowest BCUT2D eigenvalue weighted by atomic mass is 9.91. The van der Waals surface area contributed by atoms with E-state index in [4.69, 9.17) is 0 Å². The van der Waals surface area contributed by atoms with Crippen molar-refractivity contribution in [1.82, 2.24) is 20.3 Å². The van der Waals surface area contributed by atoms with Gasteiger partial charge in [0.05, 0.1) is 10.7 Å². The number of carbonyl (C=O) groups excluding carboxylic acids is 1. The lowest BCUT2D eigenvalue weighted by Gasteiger charge is -2.29. The van der Waals surface area contributed by atoms with E-state index >= 15 is 0 Å². The number of amides is 1. The molecule has 2 aromatic rings. The van der Waals surface area contributed by atoms with Gasteiger partial charge in [-0.1, -0.05) is 11.8 Å². The average Bonchev–Trinajstić information content (AvgIpc) is 2.74. The molecular formula is C19H25N7O3S. The van der Waals surface area contributed by atoms with Crippen molar-refractivity contribution >= 4 is 35.1 Å². The van der Waals surface area contributed by atoms with Crippen molar-refractivity contribution in [1.29, 1.82) is 0 Å². The van der Waals surface area contributed by atoms with Gasteiger partial charge in [-0.25, -0.2) is 9.97 Å². The predicted octanol–water partition coefficient (Wildman–Crippen LogP) is 2.48. The zero-order valence-corrected chi connectivity index (χ0v) is 17.8. The van der Waals surface area contributed by atoms with Crippen molar-refractivity contribution in [3.63, 3.8) is 0 Å². The number of nitrogens with one attached hydrogen (secondary N) is 2. The smallest absolute Gasteiger partial charge is 0.301 e. The number of nitrogens with zero attached hydrogens (tertiary/aromatic N) is 5. The van der Waals surface area contributed by atoms with Crippen molar-refractivity contribution in [2.75, 3.05) is 30.1 Å². The molecule has 1 fully saturated rings. The van der Waals surface area contributed by atoms with Crippen LogP contribution in [0.5, 0.6) is 0 Å². The Morgan fingerprint density at radius 1 is 1.20 bits per heavy atom. The minimum atomic E-state index is -0.487. The fourth-order valence-corrected chi connectivity index (χ4v) is 4.05. The normalized spacial score (nSPS) is 18.5. The van der Waals surface area contributed by atoms with E-state index in [2.05, 4.69) is 25.6 Å². The maximum atomic E-state index is 12.3. The number of anilines is 2. The Balaban J connectivity index is 1.43.